The molecule has 0 bridgehead atoms. The Hall–Kier alpha value is -3.68. The molecule has 0 spiro atoms. The van der Waals surface area contributed by atoms with Crippen LogP contribution in [0.25, 0.3) is 11.3 Å². The Bertz CT molecular complexity index is 1220. The Morgan fingerprint density at radius 2 is 1.91 bits per heavy atom. The van der Waals surface area contributed by atoms with Crippen molar-refractivity contribution in [3.8, 4) is 28.6 Å². The highest BCUT2D eigenvalue weighted by Crippen LogP contribution is 2.52. The largest absolute Gasteiger partial charge is 0.481 e. The van der Waals surface area contributed by atoms with Crippen LogP contribution >= 0.6 is 0 Å². The molecule has 32 heavy (non-hydrogen) atoms. The molecule has 1 saturated carbocycles. The summed E-state index contributed by atoms with van der Waals surface area (Å²) in [5, 5.41) is 2.95. The highest BCUT2D eigenvalue weighted by molar-refractivity contribution is 6.01. The molecule has 1 fully saturated rings. The summed E-state index contributed by atoms with van der Waals surface area (Å²) in [7, 11) is 1.56. The van der Waals surface area contributed by atoms with Crippen LogP contribution in [-0.2, 0) is 10.2 Å². The molecule has 5 rings (SSSR count). The summed E-state index contributed by atoms with van der Waals surface area (Å²) in [4.78, 5) is 22.0. The molecule has 2 aromatic heterocycles. The number of aromatic nitrogens is 2. The number of benzene rings is 1. The van der Waals surface area contributed by atoms with Gasteiger partial charge >= 0.3 is 6.04 Å². The number of aryl methyl sites for hydroxylation is 1. The van der Waals surface area contributed by atoms with Gasteiger partial charge in [0.05, 0.1) is 18.2 Å². The maximum atomic E-state index is 14.0. The van der Waals surface area contributed by atoms with Gasteiger partial charge in [-0.15, -0.1) is 0 Å². The van der Waals surface area contributed by atoms with E-state index in [2.05, 4.69) is 15.3 Å². The number of anilines is 1. The molecule has 164 valence electrons. The maximum absolute atomic E-state index is 14.0. The number of hydrogen-bond acceptors (Lipinski definition) is 6. The van der Waals surface area contributed by atoms with Gasteiger partial charge in [0.2, 0.25) is 11.8 Å². The fourth-order valence-electron chi connectivity index (χ4n) is 3.95. The number of alkyl halides is 1. The number of halogens is 1. The van der Waals surface area contributed by atoms with Crippen LogP contribution in [0.3, 0.4) is 0 Å². The molecule has 0 unspecified atom stereocenters. The Balaban J connectivity index is 1.40. The van der Waals surface area contributed by atoms with Gasteiger partial charge in [0.25, 0.3) is 0 Å². The zero-order chi connectivity index (χ0) is 22.5. The third kappa shape index (κ3) is 3.51. The molecule has 0 saturated heterocycles. The molecule has 1 N–H and O–H groups in total. The van der Waals surface area contributed by atoms with E-state index in [1.165, 1.54) is 6.92 Å². The van der Waals surface area contributed by atoms with Crippen molar-refractivity contribution in [3.63, 3.8) is 0 Å². The first-order chi connectivity index (χ1) is 15.3. The number of rotatable bonds is 5. The third-order valence-electron chi connectivity index (χ3n) is 5.82. The molecule has 0 radical (unpaired) electrons. The summed E-state index contributed by atoms with van der Waals surface area (Å²) in [6.45, 7) is 3.15. The zero-order valence-electron chi connectivity index (χ0n) is 17.9. The molecule has 1 aliphatic heterocycles. The van der Waals surface area contributed by atoms with Gasteiger partial charge in [-0.1, -0.05) is 12.1 Å². The van der Waals surface area contributed by atoms with Gasteiger partial charge in [-0.25, -0.2) is 9.97 Å². The molecule has 2 aliphatic rings. The lowest BCUT2D eigenvalue weighted by Gasteiger charge is -2.17. The van der Waals surface area contributed by atoms with Crippen LogP contribution in [0.5, 0.6) is 17.4 Å². The van der Waals surface area contributed by atoms with Crippen LogP contribution in [0.1, 0.15) is 30.9 Å². The van der Waals surface area contributed by atoms with E-state index in [0.717, 1.165) is 22.4 Å². The molecular weight excluding hydrogens is 413 g/mol. The molecule has 1 amide bonds. The van der Waals surface area contributed by atoms with Crippen molar-refractivity contribution in [1.29, 1.82) is 0 Å². The number of carbonyl (C=O) groups is 1. The lowest BCUT2D eigenvalue weighted by atomic mass is 9.94. The minimum absolute atomic E-state index is 0.158. The second-order valence-electron chi connectivity index (χ2n) is 8.19. The van der Waals surface area contributed by atoms with Gasteiger partial charge in [-0.05, 0) is 55.2 Å². The Morgan fingerprint density at radius 1 is 1.12 bits per heavy atom. The maximum Gasteiger partial charge on any atom is 0.404 e. The van der Waals surface area contributed by atoms with Crippen LogP contribution in [0.2, 0.25) is 0 Å². The number of carbonyl (C=O) groups excluding carboxylic acids is 1. The van der Waals surface area contributed by atoms with Crippen molar-refractivity contribution >= 4 is 11.7 Å². The van der Waals surface area contributed by atoms with E-state index in [-0.39, 0.29) is 5.91 Å². The van der Waals surface area contributed by atoms with E-state index >= 15 is 0 Å². The van der Waals surface area contributed by atoms with Gasteiger partial charge < -0.3 is 19.5 Å². The van der Waals surface area contributed by atoms with Gasteiger partial charge in [0.1, 0.15) is 5.82 Å². The SMILES string of the molecule is COc1cc(-c2nc(NC(=O)C3(c4ccc5c(c4)O[C@](C)(F)O5)CC3)ccc2C)ccn1. The van der Waals surface area contributed by atoms with E-state index in [9.17, 15) is 9.18 Å². The minimum Gasteiger partial charge on any atom is -0.481 e. The van der Waals surface area contributed by atoms with E-state index in [1.54, 1.807) is 43.6 Å². The van der Waals surface area contributed by atoms with E-state index in [4.69, 9.17) is 14.2 Å². The summed E-state index contributed by atoms with van der Waals surface area (Å²) < 4.78 is 29.5. The highest BCUT2D eigenvalue weighted by atomic mass is 19.2. The monoisotopic (exact) mass is 435 g/mol. The topological polar surface area (TPSA) is 82.6 Å². The van der Waals surface area contributed by atoms with Crippen LogP contribution in [0, 0.1) is 6.92 Å². The lowest BCUT2D eigenvalue weighted by molar-refractivity contribution is -0.173. The molecule has 1 atom stereocenters. The minimum atomic E-state index is -2.20. The molecule has 7 nitrogen and oxygen atoms in total. The van der Waals surface area contributed by atoms with Crippen LogP contribution < -0.4 is 19.5 Å². The van der Waals surface area contributed by atoms with Gasteiger partial charge in [-0.2, -0.15) is 4.39 Å². The zero-order valence-corrected chi connectivity index (χ0v) is 17.9. The molecule has 1 aromatic carbocycles. The fraction of sp³-hybridized carbons (Fsp3) is 0.292. The van der Waals surface area contributed by atoms with Crippen molar-refractivity contribution in [3.05, 3.63) is 59.8 Å². The summed E-state index contributed by atoms with van der Waals surface area (Å²) in [6.07, 6.45) is 3.03. The average Bonchev–Trinajstić information content (AvgIpc) is 3.52. The first-order valence-electron chi connectivity index (χ1n) is 10.3. The highest BCUT2D eigenvalue weighted by Gasteiger charge is 2.52. The number of hydrogen-bond donors (Lipinski definition) is 1. The Labute approximate surface area is 184 Å². The standard InChI is InChI=1S/C24H22FN3O4/c1-14-4-7-19(27-21(14)15-8-11-26-20(12-15)30-3)28-22(29)24(9-10-24)16-5-6-17-18(13-16)32-23(2,25)31-17/h4-8,11-13H,9-10H2,1-3H3,(H,27,28,29)/t23-/m1/s1. The third-order valence-corrected chi connectivity index (χ3v) is 5.82. The summed E-state index contributed by atoms with van der Waals surface area (Å²) in [5.41, 5.74) is 2.61. The van der Waals surface area contributed by atoms with Crippen molar-refractivity contribution in [2.24, 2.45) is 0 Å². The van der Waals surface area contributed by atoms with Crippen LogP contribution in [0.4, 0.5) is 10.2 Å². The first-order valence-corrected chi connectivity index (χ1v) is 10.3. The van der Waals surface area contributed by atoms with E-state index < -0.39 is 11.5 Å². The number of nitrogens with zero attached hydrogens (tertiary/aromatic N) is 2. The molecule has 3 heterocycles. The smallest absolute Gasteiger partial charge is 0.404 e. The number of ether oxygens (including phenoxy) is 3. The normalized spacial score (nSPS) is 20.0. The Morgan fingerprint density at radius 3 is 2.66 bits per heavy atom. The van der Waals surface area contributed by atoms with Gasteiger partial charge in [-0.3, -0.25) is 4.79 Å². The number of pyridine rings is 2. The van der Waals surface area contributed by atoms with Crippen molar-refractivity contribution in [1.82, 2.24) is 9.97 Å². The second-order valence-corrected chi connectivity index (χ2v) is 8.19. The predicted molar refractivity (Wildman–Crippen MR) is 116 cm³/mol. The summed E-state index contributed by atoms with van der Waals surface area (Å²) >= 11 is 0. The molecule has 8 heteroatoms. The van der Waals surface area contributed by atoms with Gasteiger partial charge in [0, 0.05) is 24.8 Å². The lowest BCUT2D eigenvalue weighted by Crippen LogP contribution is -2.28. The molecule has 3 aromatic rings. The number of fused-ring (bicyclic) bond motifs is 1. The molecule has 1 aliphatic carbocycles. The quantitative estimate of drug-likeness (QED) is 0.633. The predicted octanol–water partition coefficient (Wildman–Crippen LogP) is 4.55. The number of nitrogens with one attached hydrogen (secondary N) is 1. The number of methoxy groups -OCH3 is 1. The second kappa shape index (κ2) is 7.19. The molecular formula is C24H22FN3O4. The van der Waals surface area contributed by atoms with Crippen LogP contribution in [-0.4, -0.2) is 29.0 Å². The summed E-state index contributed by atoms with van der Waals surface area (Å²) in [6, 6.07) is 10.2. The summed E-state index contributed by atoms with van der Waals surface area (Å²) in [5.74, 6) is 1.41. The fourth-order valence-corrected chi connectivity index (χ4v) is 3.95. The van der Waals surface area contributed by atoms with Crippen molar-refractivity contribution in [2.75, 3.05) is 12.4 Å². The first kappa shape index (κ1) is 20.2. The van der Waals surface area contributed by atoms with Crippen molar-refractivity contribution < 1.29 is 23.4 Å². The van der Waals surface area contributed by atoms with E-state index in [1.807, 2.05) is 19.1 Å². The van der Waals surface area contributed by atoms with Crippen molar-refractivity contribution in [2.45, 2.75) is 38.1 Å². The van der Waals surface area contributed by atoms with Gasteiger partial charge in [0.15, 0.2) is 11.5 Å². The Kier molecular flexibility index (Phi) is 4.54. The average molecular weight is 435 g/mol. The van der Waals surface area contributed by atoms with E-state index in [0.29, 0.717) is 36.0 Å². The van der Waals surface area contributed by atoms with Crippen LogP contribution in [0.15, 0.2) is 48.7 Å². The number of amides is 1.